The Morgan fingerprint density at radius 3 is 2.73 bits per heavy atom. The van der Waals surface area contributed by atoms with E-state index in [0.717, 1.165) is 11.3 Å². The Morgan fingerprint density at radius 2 is 2.04 bits per heavy atom. The van der Waals surface area contributed by atoms with Gasteiger partial charge in [-0.05, 0) is 37.5 Å². The van der Waals surface area contributed by atoms with Crippen molar-refractivity contribution in [2.24, 2.45) is 0 Å². The highest BCUT2D eigenvalue weighted by Crippen LogP contribution is 2.20. The lowest BCUT2D eigenvalue weighted by atomic mass is 10.1. The van der Waals surface area contributed by atoms with Gasteiger partial charge in [-0.2, -0.15) is 0 Å². The van der Waals surface area contributed by atoms with Crippen molar-refractivity contribution in [2.45, 2.75) is 39.2 Å². The van der Waals surface area contributed by atoms with E-state index in [4.69, 9.17) is 5.11 Å². The number of carboxylic acid groups (broad SMARTS) is 1. The smallest absolute Gasteiger partial charge is 0.316 e. The molecule has 8 heteroatoms. The molecule has 136 valence electrons. The number of rotatable bonds is 7. The zero-order valence-electron chi connectivity index (χ0n) is 14.4. The molecule has 0 fully saturated rings. The molecular formula is C18H20N4O4. The number of aliphatic carboxylic acids is 1. The predicted octanol–water partition coefficient (Wildman–Crippen LogP) is 1.83. The van der Waals surface area contributed by atoms with Crippen LogP contribution in [0, 0.1) is 6.92 Å². The summed E-state index contributed by atoms with van der Waals surface area (Å²) in [5.41, 5.74) is 1.80. The number of fused-ring (bicyclic) bond motifs is 1. The minimum absolute atomic E-state index is 0.106. The first-order chi connectivity index (χ1) is 12.5. The minimum atomic E-state index is -0.829. The highest BCUT2D eigenvalue weighted by molar-refractivity contribution is 5.78. The van der Waals surface area contributed by atoms with Crippen LogP contribution in [0.1, 0.15) is 31.2 Å². The summed E-state index contributed by atoms with van der Waals surface area (Å²) in [6.07, 6.45) is 7.11. The lowest BCUT2D eigenvalue weighted by Crippen LogP contribution is -2.36. The molecule has 2 heterocycles. The third-order valence-corrected chi connectivity index (χ3v) is 4.35. The Morgan fingerprint density at radius 1 is 1.23 bits per heavy atom. The van der Waals surface area contributed by atoms with E-state index in [9.17, 15) is 14.4 Å². The van der Waals surface area contributed by atoms with E-state index in [1.165, 1.54) is 4.57 Å². The van der Waals surface area contributed by atoms with Gasteiger partial charge in [0.2, 0.25) is 0 Å². The van der Waals surface area contributed by atoms with Crippen LogP contribution in [0.4, 0.5) is 0 Å². The molecule has 0 unspecified atom stereocenters. The summed E-state index contributed by atoms with van der Waals surface area (Å²) >= 11 is 0. The van der Waals surface area contributed by atoms with Gasteiger partial charge in [-0.1, -0.05) is 6.42 Å². The molecule has 0 spiro atoms. The molecule has 0 aliphatic rings. The molecule has 0 amide bonds. The summed E-state index contributed by atoms with van der Waals surface area (Å²) in [5, 5.41) is 8.69. The molecule has 2 N–H and O–H groups in total. The van der Waals surface area contributed by atoms with Gasteiger partial charge < -0.3 is 19.2 Å². The second-order valence-electron chi connectivity index (χ2n) is 6.24. The first-order valence-electron chi connectivity index (χ1n) is 8.45. The Balaban J connectivity index is 1.99. The quantitative estimate of drug-likeness (QED) is 0.496. The molecule has 0 radical (unpaired) electrons. The van der Waals surface area contributed by atoms with E-state index in [1.807, 2.05) is 29.8 Å². The maximum absolute atomic E-state index is 12.3. The molecule has 0 aliphatic carbocycles. The van der Waals surface area contributed by atoms with Crippen molar-refractivity contribution < 1.29 is 9.90 Å². The normalized spacial score (nSPS) is 11.1. The second kappa shape index (κ2) is 7.38. The van der Waals surface area contributed by atoms with E-state index in [-0.39, 0.29) is 6.42 Å². The number of H-pyrrole nitrogens is 1. The van der Waals surface area contributed by atoms with Crippen LogP contribution >= 0.6 is 0 Å². The van der Waals surface area contributed by atoms with Gasteiger partial charge in [0.05, 0.1) is 23.0 Å². The number of unbranched alkanes of at least 4 members (excludes halogenated alkanes) is 2. The summed E-state index contributed by atoms with van der Waals surface area (Å²) in [4.78, 5) is 41.6. The zero-order valence-corrected chi connectivity index (χ0v) is 14.4. The molecule has 3 rings (SSSR count). The molecule has 3 aromatic rings. The lowest BCUT2D eigenvalue weighted by molar-refractivity contribution is -0.137. The fourth-order valence-electron chi connectivity index (χ4n) is 3.04. The van der Waals surface area contributed by atoms with E-state index < -0.39 is 17.1 Å². The van der Waals surface area contributed by atoms with Gasteiger partial charge in [-0.15, -0.1) is 0 Å². The molecular weight excluding hydrogens is 336 g/mol. The van der Waals surface area contributed by atoms with Gasteiger partial charge in [-0.3, -0.25) is 14.4 Å². The number of nitrogens with one attached hydrogen (secondary N) is 1. The van der Waals surface area contributed by atoms with Crippen LogP contribution in [-0.4, -0.2) is 30.2 Å². The van der Waals surface area contributed by atoms with Gasteiger partial charge in [0.25, 0.3) is 0 Å². The average molecular weight is 356 g/mol. The zero-order chi connectivity index (χ0) is 18.7. The Hall–Kier alpha value is -3.16. The van der Waals surface area contributed by atoms with Gasteiger partial charge in [0.15, 0.2) is 0 Å². The highest BCUT2D eigenvalue weighted by atomic mass is 16.4. The van der Waals surface area contributed by atoms with Crippen molar-refractivity contribution in [2.75, 3.05) is 0 Å². The SMILES string of the molecule is Cc1cc2[nH]c(=O)c(=O)n(CCCCCC(=O)O)c2cc1-n1ccnc1. The molecule has 0 aliphatic heterocycles. The maximum atomic E-state index is 12.3. The van der Waals surface area contributed by atoms with E-state index in [1.54, 1.807) is 12.5 Å². The van der Waals surface area contributed by atoms with Crippen molar-refractivity contribution in [1.82, 2.24) is 19.1 Å². The van der Waals surface area contributed by atoms with Crippen LogP contribution in [0.2, 0.25) is 0 Å². The first kappa shape index (κ1) is 17.7. The van der Waals surface area contributed by atoms with Crippen molar-refractivity contribution >= 4 is 17.0 Å². The molecule has 1 aromatic carbocycles. The molecule has 0 atom stereocenters. The number of aromatic amines is 1. The molecule has 0 bridgehead atoms. The predicted molar refractivity (Wildman–Crippen MR) is 96.8 cm³/mol. The number of nitrogens with zero attached hydrogens (tertiary/aromatic N) is 3. The molecule has 8 nitrogen and oxygen atoms in total. The fourth-order valence-corrected chi connectivity index (χ4v) is 3.04. The second-order valence-corrected chi connectivity index (χ2v) is 6.24. The Bertz CT molecular complexity index is 1050. The van der Waals surface area contributed by atoms with E-state index in [2.05, 4.69) is 9.97 Å². The van der Waals surface area contributed by atoms with Crippen molar-refractivity contribution in [3.8, 4) is 5.69 Å². The average Bonchev–Trinajstić information content (AvgIpc) is 3.11. The summed E-state index contributed by atoms with van der Waals surface area (Å²) in [5.74, 6) is -0.829. The topological polar surface area (TPSA) is 110 Å². The van der Waals surface area contributed by atoms with Crippen LogP contribution in [0.15, 0.2) is 40.4 Å². The number of imidazole rings is 1. The van der Waals surface area contributed by atoms with Crippen LogP contribution < -0.4 is 11.1 Å². The summed E-state index contributed by atoms with van der Waals surface area (Å²) in [7, 11) is 0. The summed E-state index contributed by atoms with van der Waals surface area (Å²) in [6.45, 7) is 2.29. The fraction of sp³-hybridized carbons (Fsp3) is 0.333. The number of aryl methyl sites for hydroxylation is 2. The van der Waals surface area contributed by atoms with Gasteiger partial charge in [0, 0.05) is 25.4 Å². The van der Waals surface area contributed by atoms with Gasteiger partial charge in [0.1, 0.15) is 0 Å². The molecule has 26 heavy (non-hydrogen) atoms. The van der Waals surface area contributed by atoms with E-state index in [0.29, 0.717) is 36.8 Å². The number of hydrogen-bond acceptors (Lipinski definition) is 4. The Labute approximate surface area is 148 Å². The number of carboxylic acids is 1. The largest absolute Gasteiger partial charge is 0.481 e. The van der Waals surface area contributed by atoms with Crippen molar-refractivity contribution in [1.29, 1.82) is 0 Å². The number of hydrogen-bond donors (Lipinski definition) is 2. The van der Waals surface area contributed by atoms with Crippen LogP contribution in [0.5, 0.6) is 0 Å². The standard InChI is InChI=1S/C18H20N4O4/c1-12-9-13-15(10-14(12)21-8-6-19-11-21)22(18(26)17(25)20-13)7-4-2-3-5-16(23)24/h6,8-11H,2-5,7H2,1H3,(H,20,25)(H,23,24). The highest BCUT2D eigenvalue weighted by Gasteiger charge is 2.11. The van der Waals surface area contributed by atoms with E-state index >= 15 is 0 Å². The third-order valence-electron chi connectivity index (χ3n) is 4.35. The monoisotopic (exact) mass is 356 g/mol. The van der Waals surface area contributed by atoms with Crippen molar-refractivity contribution in [3.05, 3.63) is 57.1 Å². The molecule has 0 saturated heterocycles. The Kier molecular flexibility index (Phi) is 5.01. The number of benzene rings is 1. The number of aromatic nitrogens is 4. The minimum Gasteiger partial charge on any atom is -0.481 e. The van der Waals surface area contributed by atoms with Crippen molar-refractivity contribution in [3.63, 3.8) is 0 Å². The first-order valence-corrected chi connectivity index (χ1v) is 8.45. The summed E-state index contributed by atoms with van der Waals surface area (Å²) < 4.78 is 3.32. The third kappa shape index (κ3) is 3.58. The van der Waals surface area contributed by atoms with Crippen LogP contribution in [0.3, 0.4) is 0 Å². The van der Waals surface area contributed by atoms with Crippen LogP contribution in [-0.2, 0) is 11.3 Å². The van der Waals surface area contributed by atoms with Crippen LogP contribution in [0.25, 0.3) is 16.7 Å². The number of carbonyl (C=O) groups is 1. The summed E-state index contributed by atoms with van der Waals surface area (Å²) in [6, 6.07) is 3.70. The maximum Gasteiger partial charge on any atom is 0.316 e. The molecule has 0 saturated carbocycles. The lowest BCUT2D eigenvalue weighted by Gasteiger charge is -2.13. The van der Waals surface area contributed by atoms with Gasteiger partial charge in [-0.25, -0.2) is 4.98 Å². The molecule has 2 aromatic heterocycles. The van der Waals surface area contributed by atoms with Gasteiger partial charge >= 0.3 is 17.1 Å².